The molecule has 2 aromatic carbocycles. The molecule has 0 aliphatic rings. The lowest BCUT2D eigenvalue weighted by Crippen LogP contribution is -2.49. The smallest absolute Gasteiger partial charge is 0.261 e. The van der Waals surface area contributed by atoms with Crippen molar-refractivity contribution in [1.82, 2.24) is 5.32 Å². The van der Waals surface area contributed by atoms with Gasteiger partial charge in [0.1, 0.15) is 0 Å². The van der Waals surface area contributed by atoms with Crippen molar-refractivity contribution >= 4 is 34.0 Å². The summed E-state index contributed by atoms with van der Waals surface area (Å²) in [4.78, 5) is 12.4. The molecule has 2 aromatic rings. The molecule has 2 rings (SSSR count). The Labute approximate surface area is 167 Å². The third-order valence-corrected chi connectivity index (χ3v) is 5.86. The molecule has 0 spiro atoms. The highest BCUT2D eigenvalue weighted by atomic mass is 35.5. The zero-order chi connectivity index (χ0) is 19.2. The Hall–Kier alpha value is -2.09. The number of nitrogens with one attached hydrogen (secondary N) is 2. The van der Waals surface area contributed by atoms with E-state index in [1.165, 1.54) is 12.1 Å². The number of rotatable bonds is 8. The van der Waals surface area contributed by atoms with Crippen LogP contribution in [0.1, 0.15) is 37.0 Å². The van der Waals surface area contributed by atoms with Crippen molar-refractivity contribution in [3.63, 3.8) is 0 Å². The first kappa shape index (κ1) is 23.0. The summed E-state index contributed by atoms with van der Waals surface area (Å²) >= 11 is 0. The van der Waals surface area contributed by atoms with Crippen LogP contribution in [0.4, 0.5) is 5.69 Å². The monoisotopic (exact) mass is 411 g/mol. The fraction of sp³-hybridized carbons (Fsp3) is 0.316. The van der Waals surface area contributed by atoms with Crippen LogP contribution in [-0.4, -0.2) is 26.4 Å². The van der Waals surface area contributed by atoms with Crippen LogP contribution in [0, 0.1) is 0 Å². The molecule has 0 unspecified atom stereocenters. The van der Waals surface area contributed by atoms with Crippen LogP contribution >= 0.6 is 12.4 Å². The zero-order valence-corrected chi connectivity index (χ0v) is 17.1. The average Bonchev–Trinajstić information content (AvgIpc) is 2.67. The highest BCUT2D eigenvalue weighted by Crippen LogP contribution is 2.17. The molecule has 0 saturated heterocycles. The number of hydrogen-bond donors (Lipinski definition) is 3. The van der Waals surface area contributed by atoms with Gasteiger partial charge in [-0.3, -0.25) is 9.52 Å². The maximum atomic E-state index is 12.3. The van der Waals surface area contributed by atoms with Crippen LogP contribution in [0.15, 0.2) is 59.5 Å². The molecule has 0 heterocycles. The molecule has 148 valence electrons. The molecule has 4 N–H and O–H groups in total. The Balaban J connectivity index is 0.00000364. The number of benzene rings is 2. The Morgan fingerprint density at radius 2 is 1.56 bits per heavy atom. The van der Waals surface area contributed by atoms with Crippen LogP contribution in [0.2, 0.25) is 0 Å². The second-order valence-electron chi connectivity index (χ2n) is 6.25. The lowest BCUT2D eigenvalue weighted by Gasteiger charge is -2.26. The van der Waals surface area contributed by atoms with Gasteiger partial charge in [0.25, 0.3) is 15.9 Å². The quantitative estimate of drug-likeness (QED) is 0.620. The number of nitrogens with two attached hydrogens (primary N) is 1. The van der Waals surface area contributed by atoms with Gasteiger partial charge in [-0.15, -0.1) is 12.4 Å². The van der Waals surface area contributed by atoms with Gasteiger partial charge in [-0.25, -0.2) is 8.42 Å². The molecule has 0 aromatic heterocycles. The highest BCUT2D eigenvalue weighted by molar-refractivity contribution is 7.92. The largest absolute Gasteiger partial charge is 0.350 e. The van der Waals surface area contributed by atoms with Gasteiger partial charge in [-0.05, 0) is 49.2 Å². The number of carbonyl (C=O) groups is 1. The third-order valence-electron chi connectivity index (χ3n) is 4.46. The number of anilines is 1. The van der Waals surface area contributed by atoms with Gasteiger partial charge in [-0.1, -0.05) is 32.0 Å². The summed E-state index contributed by atoms with van der Waals surface area (Å²) in [5.74, 6) is -0.237. The van der Waals surface area contributed by atoms with E-state index in [1.807, 2.05) is 13.8 Å². The second kappa shape index (κ2) is 9.73. The normalized spacial score (nSPS) is 11.4. The molecule has 0 aliphatic heterocycles. The Bertz CT molecular complexity index is 836. The number of amides is 1. The summed E-state index contributed by atoms with van der Waals surface area (Å²) in [5, 5.41) is 2.83. The van der Waals surface area contributed by atoms with Crippen molar-refractivity contribution in [2.45, 2.75) is 37.1 Å². The molecule has 0 aliphatic carbocycles. The van der Waals surface area contributed by atoms with Gasteiger partial charge in [0.15, 0.2) is 0 Å². The predicted molar refractivity (Wildman–Crippen MR) is 111 cm³/mol. The number of hydrogen-bond acceptors (Lipinski definition) is 4. The van der Waals surface area contributed by atoms with E-state index in [2.05, 4.69) is 10.0 Å². The van der Waals surface area contributed by atoms with Crippen molar-refractivity contribution in [3.8, 4) is 0 Å². The van der Waals surface area contributed by atoms with Crippen molar-refractivity contribution in [2.75, 3.05) is 11.3 Å². The van der Waals surface area contributed by atoms with E-state index in [-0.39, 0.29) is 23.2 Å². The summed E-state index contributed by atoms with van der Waals surface area (Å²) in [6, 6.07) is 14.4. The zero-order valence-electron chi connectivity index (χ0n) is 15.4. The van der Waals surface area contributed by atoms with Gasteiger partial charge in [0.05, 0.1) is 4.90 Å². The highest BCUT2D eigenvalue weighted by Gasteiger charge is 2.21. The minimum absolute atomic E-state index is 0. The maximum absolute atomic E-state index is 12.3. The third kappa shape index (κ3) is 6.23. The summed E-state index contributed by atoms with van der Waals surface area (Å²) in [6.45, 7) is 4.37. The molecular formula is C19H26ClN3O3S. The molecular weight excluding hydrogens is 386 g/mol. The first-order valence-electron chi connectivity index (χ1n) is 8.54. The first-order valence-corrected chi connectivity index (χ1v) is 10.0. The van der Waals surface area contributed by atoms with Gasteiger partial charge >= 0.3 is 0 Å². The molecule has 6 nitrogen and oxygen atoms in total. The van der Waals surface area contributed by atoms with Gasteiger partial charge in [-0.2, -0.15) is 0 Å². The molecule has 0 fully saturated rings. The first-order chi connectivity index (χ1) is 12.3. The second-order valence-corrected chi connectivity index (χ2v) is 7.93. The Morgan fingerprint density at radius 1 is 1.00 bits per heavy atom. The molecule has 8 heteroatoms. The summed E-state index contributed by atoms with van der Waals surface area (Å²) in [5.41, 5.74) is 6.60. The van der Waals surface area contributed by atoms with Crippen LogP contribution in [0.25, 0.3) is 0 Å². The summed E-state index contributed by atoms with van der Waals surface area (Å²) in [6.07, 6.45) is 1.54. The predicted octanol–water partition coefficient (Wildman–Crippen LogP) is 3.16. The fourth-order valence-electron chi connectivity index (χ4n) is 2.36. The minimum atomic E-state index is -3.65. The number of sulfonamides is 1. The molecule has 27 heavy (non-hydrogen) atoms. The molecule has 1 amide bonds. The van der Waals surface area contributed by atoms with Crippen LogP contribution < -0.4 is 15.8 Å². The van der Waals surface area contributed by atoms with E-state index in [0.29, 0.717) is 17.8 Å². The maximum Gasteiger partial charge on any atom is 0.261 e. The van der Waals surface area contributed by atoms with E-state index in [9.17, 15) is 13.2 Å². The van der Waals surface area contributed by atoms with E-state index < -0.39 is 15.6 Å². The Morgan fingerprint density at radius 3 is 2.07 bits per heavy atom. The van der Waals surface area contributed by atoms with E-state index in [1.54, 1.807) is 42.5 Å². The SMILES string of the molecule is CCC(N)(CC)CNC(=O)c1ccc(NS(=O)(=O)c2ccccc2)cc1.Cl. The fourth-order valence-corrected chi connectivity index (χ4v) is 3.44. The standard InChI is InChI=1S/C19H25N3O3S.ClH/c1-3-19(20,4-2)14-21-18(23)15-10-12-16(13-11-15)22-26(24,25)17-8-6-5-7-9-17;/h5-13,22H,3-4,14,20H2,1-2H3,(H,21,23);1H. The van der Waals surface area contributed by atoms with Gasteiger partial charge < -0.3 is 11.1 Å². The van der Waals surface area contributed by atoms with Crippen molar-refractivity contribution in [1.29, 1.82) is 0 Å². The van der Waals surface area contributed by atoms with Crippen molar-refractivity contribution < 1.29 is 13.2 Å². The number of halogens is 1. The lowest BCUT2D eigenvalue weighted by molar-refractivity contribution is 0.0942. The van der Waals surface area contributed by atoms with E-state index in [0.717, 1.165) is 12.8 Å². The van der Waals surface area contributed by atoms with E-state index >= 15 is 0 Å². The number of carbonyl (C=O) groups excluding carboxylic acids is 1. The van der Waals surface area contributed by atoms with Gasteiger partial charge in [0.2, 0.25) is 0 Å². The van der Waals surface area contributed by atoms with Crippen LogP contribution in [0.3, 0.4) is 0 Å². The van der Waals surface area contributed by atoms with Crippen LogP contribution in [-0.2, 0) is 10.0 Å². The van der Waals surface area contributed by atoms with E-state index in [4.69, 9.17) is 5.73 Å². The molecule has 0 saturated carbocycles. The van der Waals surface area contributed by atoms with Crippen molar-refractivity contribution in [2.24, 2.45) is 5.73 Å². The Kier molecular flexibility index (Phi) is 8.27. The minimum Gasteiger partial charge on any atom is -0.350 e. The molecule has 0 atom stereocenters. The average molecular weight is 412 g/mol. The summed E-state index contributed by atoms with van der Waals surface area (Å²) in [7, 11) is -3.65. The summed E-state index contributed by atoms with van der Waals surface area (Å²) < 4.78 is 27.1. The van der Waals surface area contributed by atoms with Crippen molar-refractivity contribution in [3.05, 3.63) is 60.2 Å². The van der Waals surface area contributed by atoms with Crippen LogP contribution in [0.5, 0.6) is 0 Å². The molecule has 0 radical (unpaired) electrons. The topological polar surface area (TPSA) is 101 Å². The van der Waals surface area contributed by atoms with Gasteiger partial charge in [0, 0.05) is 23.3 Å². The lowest BCUT2D eigenvalue weighted by atomic mass is 9.94. The molecule has 0 bridgehead atoms.